The fourth-order valence-corrected chi connectivity index (χ4v) is 3.78. The molecular formula is C15H18ClIN2O2. The van der Waals surface area contributed by atoms with Gasteiger partial charge in [0, 0.05) is 21.6 Å². The van der Waals surface area contributed by atoms with Crippen molar-refractivity contribution in [1.82, 2.24) is 5.32 Å². The predicted octanol–water partition coefficient (Wildman–Crippen LogP) is 3.36. The van der Waals surface area contributed by atoms with Crippen molar-refractivity contribution in [2.24, 2.45) is 0 Å². The lowest BCUT2D eigenvalue weighted by Gasteiger charge is -2.34. The zero-order chi connectivity index (χ0) is 15.6. The van der Waals surface area contributed by atoms with E-state index >= 15 is 0 Å². The van der Waals surface area contributed by atoms with Crippen LogP contribution in [0, 0.1) is 3.57 Å². The molecule has 1 aliphatic heterocycles. The zero-order valence-electron chi connectivity index (χ0n) is 12.1. The summed E-state index contributed by atoms with van der Waals surface area (Å²) in [6.07, 6.45) is 1.47. The van der Waals surface area contributed by atoms with Crippen molar-refractivity contribution in [1.29, 1.82) is 0 Å². The fourth-order valence-electron chi connectivity index (χ4n) is 2.62. The summed E-state index contributed by atoms with van der Waals surface area (Å²) in [7, 11) is 0. The van der Waals surface area contributed by atoms with E-state index in [2.05, 4.69) is 27.9 Å². The number of rotatable bonds is 3. The van der Waals surface area contributed by atoms with Gasteiger partial charge in [-0.15, -0.1) is 0 Å². The minimum Gasteiger partial charge on any atom is -0.342 e. The Morgan fingerprint density at radius 2 is 2.00 bits per heavy atom. The molecule has 0 saturated carbocycles. The molecule has 0 spiro atoms. The van der Waals surface area contributed by atoms with Gasteiger partial charge in [-0.25, -0.2) is 0 Å². The summed E-state index contributed by atoms with van der Waals surface area (Å²) in [5.74, 6) is -0.114. The Balaban J connectivity index is 2.47. The third-order valence-electron chi connectivity index (χ3n) is 4.00. The highest BCUT2D eigenvalue weighted by atomic mass is 127. The second kappa shape index (κ2) is 6.52. The second-order valence-electron chi connectivity index (χ2n) is 5.14. The van der Waals surface area contributed by atoms with Gasteiger partial charge >= 0.3 is 0 Å². The summed E-state index contributed by atoms with van der Waals surface area (Å²) in [4.78, 5) is 26.7. The van der Waals surface area contributed by atoms with Crippen molar-refractivity contribution < 1.29 is 9.59 Å². The molecule has 114 valence electrons. The molecule has 4 nitrogen and oxygen atoms in total. The molecule has 1 aromatic rings. The molecule has 0 aliphatic carbocycles. The first-order valence-corrected chi connectivity index (χ1v) is 8.47. The third kappa shape index (κ3) is 3.18. The highest BCUT2D eigenvalue weighted by Crippen LogP contribution is 2.31. The summed E-state index contributed by atoms with van der Waals surface area (Å²) in [6, 6.07) is 5.43. The highest BCUT2D eigenvalue weighted by molar-refractivity contribution is 14.1. The molecular weight excluding hydrogens is 403 g/mol. The van der Waals surface area contributed by atoms with E-state index in [-0.39, 0.29) is 11.8 Å². The van der Waals surface area contributed by atoms with Crippen LogP contribution in [-0.4, -0.2) is 23.9 Å². The second-order valence-corrected chi connectivity index (χ2v) is 6.74. The number of amides is 2. The molecule has 0 aromatic heterocycles. The fraction of sp³-hybridized carbons (Fsp3) is 0.467. The molecule has 2 amide bonds. The molecule has 6 heteroatoms. The largest absolute Gasteiger partial charge is 0.342 e. The lowest BCUT2D eigenvalue weighted by Crippen LogP contribution is -2.56. The van der Waals surface area contributed by atoms with E-state index in [9.17, 15) is 9.59 Å². The number of carbonyl (C=O) groups excluding carboxylic acids is 2. The van der Waals surface area contributed by atoms with Crippen LogP contribution < -0.4 is 10.2 Å². The van der Waals surface area contributed by atoms with Crippen LogP contribution in [0.2, 0.25) is 5.02 Å². The molecule has 1 heterocycles. The maximum absolute atomic E-state index is 13.0. The quantitative estimate of drug-likeness (QED) is 0.763. The maximum atomic E-state index is 13.0. The van der Waals surface area contributed by atoms with Gasteiger partial charge in [0.1, 0.15) is 5.54 Å². The van der Waals surface area contributed by atoms with Crippen LogP contribution in [0.4, 0.5) is 5.69 Å². The smallest absolute Gasteiger partial charge is 0.252 e. The number of benzene rings is 1. The SMILES string of the molecule is CCC1(CC)NC(=O)CCN(c2ccc(Cl)cc2I)C1=O. The van der Waals surface area contributed by atoms with Crippen molar-refractivity contribution in [2.75, 3.05) is 11.4 Å². The van der Waals surface area contributed by atoms with E-state index in [1.54, 1.807) is 11.0 Å². The predicted molar refractivity (Wildman–Crippen MR) is 92.6 cm³/mol. The first kappa shape index (κ1) is 16.5. The number of anilines is 1. The Labute approximate surface area is 143 Å². The molecule has 0 atom stereocenters. The van der Waals surface area contributed by atoms with Gasteiger partial charge in [0.25, 0.3) is 5.91 Å². The van der Waals surface area contributed by atoms with Crippen molar-refractivity contribution in [2.45, 2.75) is 38.6 Å². The van der Waals surface area contributed by atoms with Crippen LogP contribution in [0.3, 0.4) is 0 Å². The Morgan fingerprint density at radius 3 is 2.57 bits per heavy atom. The van der Waals surface area contributed by atoms with E-state index in [0.29, 0.717) is 30.8 Å². The van der Waals surface area contributed by atoms with E-state index in [1.165, 1.54) is 0 Å². The van der Waals surface area contributed by atoms with E-state index < -0.39 is 5.54 Å². The van der Waals surface area contributed by atoms with Crippen molar-refractivity contribution in [3.8, 4) is 0 Å². The lowest BCUT2D eigenvalue weighted by molar-refractivity contribution is -0.130. The first-order chi connectivity index (χ1) is 9.93. The van der Waals surface area contributed by atoms with E-state index in [1.807, 2.05) is 26.0 Å². The van der Waals surface area contributed by atoms with Crippen LogP contribution >= 0.6 is 34.2 Å². The van der Waals surface area contributed by atoms with Gasteiger partial charge < -0.3 is 10.2 Å². The van der Waals surface area contributed by atoms with Crippen molar-refractivity contribution >= 4 is 51.7 Å². The molecule has 1 aliphatic rings. The van der Waals surface area contributed by atoms with Crippen molar-refractivity contribution in [3.05, 3.63) is 26.8 Å². The van der Waals surface area contributed by atoms with Crippen LogP contribution in [0.1, 0.15) is 33.1 Å². The third-order valence-corrected chi connectivity index (χ3v) is 5.10. The molecule has 0 unspecified atom stereocenters. The highest BCUT2D eigenvalue weighted by Gasteiger charge is 2.42. The summed E-state index contributed by atoms with van der Waals surface area (Å²) in [5.41, 5.74) is 0.00353. The Bertz CT molecular complexity index is 573. The molecule has 1 fully saturated rings. The normalized spacial score (nSPS) is 18.4. The first-order valence-electron chi connectivity index (χ1n) is 7.01. The number of carbonyl (C=O) groups is 2. The number of hydrogen-bond acceptors (Lipinski definition) is 2. The Hall–Kier alpha value is -0.820. The number of halogens is 2. The standard InChI is InChI=1S/C15H18ClIN2O2/c1-3-15(4-2)14(21)19(8-7-13(20)18-15)12-6-5-10(16)9-11(12)17/h5-6,9H,3-4,7-8H2,1-2H3,(H,18,20). The van der Waals surface area contributed by atoms with Crippen LogP contribution in [-0.2, 0) is 9.59 Å². The number of nitrogens with zero attached hydrogens (tertiary/aromatic N) is 1. The van der Waals surface area contributed by atoms with E-state index in [0.717, 1.165) is 9.26 Å². The summed E-state index contributed by atoms with van der Waals surface area (Å²) in [5, 5.41) is 3.55. The minimum absolute atomic E-state index is 0.0430. The molecule has 2 rings (SSSR count). The molecule has 0 bridgehead atoms. The van der Waals surface area contributed by atoms with Gasteiger partial charge in [-0.05, 0) is 53.6 Å². The number of hydrogen-bond donors (Lipinski definition) is 1. The summed E-state index contributed by atoms with van der Waals surface area (Å²) < 4.78 is 0.906. The molecule has 21 heavy (non-hydrogen) atoms. The van der Waals surface area contributed by atoms with Crippen LogP contribution in [0.25, 0.3) is 0 Å². The Kier molecular flexibility index (Phi) is 5.14. The van der Waals surface area contributed by atoms with E-state index in [4.69, 9.17) is 11.6 Å². The van der Waals surface area contributed by atoms with Crippen LogP contribution in [0.15, 0.2) is 18.2 Å². The Morgan fingerprint density at radius 1 is 1.33 bits per heavy atom. The van der Waals surface area contributed by atoms with Crippen molar-refractivity contribution in [3.63, 3.8) is 0 Å². The minimum atomic E-state index is -0.809. The zero-order valence-corrected chi connectivity index (χ0v) is 15.0. The number of nitrogens with one attached hydrogen (secondary N) is 1. The van der Waals surface area contributed by atoms with Gasteiger partial charge in [0.15, 0.2) is 0 Å². The van der Waals surface area contributed by atoms with Gasteiger partial charge in [0.2, 0.25) is 5.91 Å². The maximum Gasteiger partial charge on any atom is 0.252 e. The molecule has 1 aromatic carbocycles. The molecule has 1 N–H and O–H groups in total. The monoisotopic (exact) mass is 420 g/mol. The van der Waals surface area contributed by atoms with Gasteiger partial charge in [0.05, 0.1) is 5.69 Å². The van der Waals surface area contributed by atoms with Gasteiger partial charge in [-0.3, -0.25) is 9.59 Å². The summed E-state index contributed by atoms with van der Waals surface area (Å²) in [6.45, 7) is 4.25. The lowest BCUT2D eigenvalue weighted by atomic mass is 9.91. The van der Waals surface area contributed by atoms with Gasteiger partial charge in [-0.1, -0.05) is 25.4 Å². The molecule has 1 saturated heterocycles. The average molecular weight is 421 g/mol. The average Bonchev–Trinajstić information content (AvgIpc) is 2.58. The topological polar surface area (TPSA) is 49.4 Å². The van der Waals surface area contributed by atoms with Crippen LogP contribution in [0.5, 0.6) is 0 Å². The summed E-state index contributed by atoms with van der Waals surface area (Å²) >= 11 is 8.15. The molecule has 0 radical (unpaired) electrons. The van der Waals surface area contributed by atoms with Gasteiger partial charge in [-0.2, -0.15) is 0 Å².